The van der Waals surface area contributed by atoms with Crippen molar-refractivity contribution >= 4 is 40.4 Å². The van der Waals surface area contributed by atoms with Gasteiger partial charge in [-0.15, -0.1) is 21.5 Å². The quantitative estimate of drug-likeness (QED) is 0.243. The maximum Gasteiger partial charge on any atom is 0.191 e. The summed E-state index contributed by atoms with van der Waals surface area (Å²) in [5.74, 6) is 1.64. The Morgan fingerprint density at radius 2 is 1.75 bits per heavy atom. The topological polar surface area (TPSA) is 46.8 Å². The summed E-state index contributed by atoms with van der Waals surface area (Å²) < 4.78 is 2.17. The molecule has 0 radical (unpaired) electrons. The van der Waals surface area contributed by atoms with Gasteiger partial charge in [0.1, 0.15) is 5.01 Å². The van der Waals surface area contributed by atoms with Crippen molar-refractivity contribution in [2.24, 2.45) is 0 Å². The SMILES string of the molecule is CCN(CC)c1ccc(-c2nnc(SCc3csc(-c4ccccc4Cl)n3)n2CC)cc1. The number of hydrogen-bond donors (Lipinski definition) is 0. The van der Waals surface area contributed by atoms with E-state index in [0.717, 1.165) is 63.2 Å². The zero-order valence-corrected chi connectivity index (χ0v) is 20.8. The van der Waals surface area contributed by atoms with Gasteiger partial charge in [0.2, 0.25) is 0 Å². The van der Waals surface area contributed by atoms with Gasteiger partial charge in [0.25, 0.3) is 0 Å². The lowest BCUT2D eigenvalue weighted by Gasteiger charge is -2.21. The molecule has 4 aromatic rings. The van der Waals surface area contributed by atoms with Crippen LogP contribution >= 0.6 is 34.7 Å². The minimum atomic E-state index is 0.725. The number of benzene rings is 2. The Kier molecular flexibility index (Phi) is 7.50. The summed E-state index contributed by atoms with van der Waals surface area (Å²) in [5.41, 5.74) is 4.30. The van der Waals surface area contributed by atoms with E-state index in [1.165, 1.54) is 5.69 Å². The molecule has 0 fully saturated rings. The van der Waals surface area contributed by atoms with Gasteiger partial charge in [-0.2, -0.15) is 0 Å². The van der Waals surface area contributed by atoms with Crippen molar-refractivity contribution in [2.75, 3.05) is 18.0 Å². The first kappa shape index (κ1) is 22.8. The fraction of sp³-hybridized carbons (Fsp3) is 0.292. The second-order valence-corrected chi connectivity index (χ2v) is 9.39. The number of hydrogen-bond acceptors (Lipinski definition) is 6. The fourth-order valence-electron chi connectivity index (χ4n) is 3.57. The van der Waals surface area contributed by atoms with Gasteiger partial charge in [-0.3, -0.25) is 0 Å². The molecular formula is C24H26ClN5S2. The number of anilines is 1. The molecule has 32 heavy (non-hydrogen) atoms. The van der Waals surface area contributed by atoms with E-state index in [2.05, 4.69) is 70.1 Å². The summed E-state index contributed by atoms with van der Waals surface area (Å²) in [6, 6.07) is 16.4. The Bertz CT molecular complexity index is 1170. The van der Waals surface area contributed by atoms with E-state index < -0.39 is 0 Å². The first-order valence-corrected chi connectivity index (χ1v) is 13.0. The molecule has 2 aromatic carbocycles. The van der Waals surface area contributed by atoms with Gasteiger partial charge in [0.05, 0.1) is 10.7 Å². The molecule has 2 heterocycles. The molecule has 0 saturated heterocycles. The third-order valence-corrected chi connectivity index (χ3v) is 7.55. The van der Waals surface area contributed by atoms with E-state index in [4.69, 9.17) is 16.6 Å². The smallest absolute Gasteiger partial charge is 0.191 e. The van der Waals surface area contributed by atoms with Gasteiger partial charge in [-0.05, 0) is 51.1 Å². The van der Waals surface area contributed by atoms with E-state index in [1.54, 1.807) is 23.1 Å². The maximum atomic E-state index is 6.32. The first-order valence-electron chi connectivity index (χ1n) is 10.7. The molecular weight excluding hydrogens is 458 g/mol. The summed E-state index contributed by atoms with van der Waals surface area (Å²) in [5, 5.41) is 13.6. The van der Waals surface area contributed by atoms with Gasteiger partial charge in [0.15, 0.2) is 11.0 Å². The van der Waals surface area contributed by atoms with E-state index in [9.17, 15) is 0 Å². The Morgan fingerprint density at radius 3 is 2.44 bits per heavy atom. The second kappa shape index (κ2) is 10.5. The highest BCUT2D eigenvalue weighted by molar-refractivity contribution is 7.98. The largest absolute Gasteiger partial charge is 0.372 e. The third kappa shape index (κ3) is 4.85. The summed E-state index contributed by atoms with van der Waals surface area (Å²) in [7, 11) is 0. The van der Waals surface area contributed by atoms with Crippen LogP contribution in [0.15, 0.2) is 59.1 Å². The summed E-state index contributed by atoms with van der Waals surface area (Å²) in [6.07, 6.45) is 0. The zero-order chi connectivity index (χ0) is 22.5. The van der Waals surface area contributed by atoms with Crippen LogP contribution in [0.2, 0.25) is 5.02 Å². The molecule has 4 rings (SSSR count). The van der Waals surface area contributed by atoms with Gasteiger partial charge in [0, 0.05) is 47.6 Å². The predicted octanol–water partition coefficient (Wildman–Crippen LogP) is 6.88. The van der Waals surface area contributed by atoms with Crippen LogP contribution < -0.4 is 4.90 Å². The average Bonchev–Trinajstić information content (AvgIpc) is 3.46. The zero-order valence-electron chi connectivity index (χ0n) is 18.5. The molecule has 0 aliphatic carbocycles. The number of nitrogens with zero attached hydrogens (tertiary/aromatic N) is 5. The number of rotatable bonds is 9. The normalized spacial score (nSPS) is 11.1. The Labute approximate surface area is 202 Å². The van der Waals surface area contributed by atoms with Gasteiger partial charge in [-0.1, -0.05) is 41.6 Å². The van der Waals surface area contributed by atoms with E-state index in [-0.39, 0.29) is 0 Å². The minimum Gasteiger partial charge on any atom is -0.372 e. The van der Waals surface area contributed by atoms with Crippen molar-refractivity contribution in [2.45, 2.75) is 38.2 Å². The first-order chi connectivity index (χ1) is 15.6. The van der Waals surface area contributed by atoms with Crippen molar-refractivity contribution in [3.8, 4) is 22.0 Å². The van der Waals surface area contributed by atoms with Crippen molar-refractivity contribution < 1.29 is 0 Å². The highest BCUT2D eigenvalue weighted by atomic mass is 35.5. The maximum absolute atomic E-state index is 6.32. The average molecular weight is 484 g/mol. The van der Waals surface area contributed by atoms with Crippen molar-refractivity contribution in [3.63, 3.8) is 0 Å². The number of aromatic nitrogens is 4. The monoisotopic (exact) mass is 483 g/mol. The highest BCUT2D eigenvalue weighted by Crippen LogP contribution is 2.32. The lowest BCUT2D eigenvalue weighted by atomic mass is 10.2. The lowest BCUT2D eigenvalue weighted by molar-refractivity contribution is 0.687. The second-order valence-electron chi connectivity index (χ2n) is 7.18. The van der Waals surface area contributed by atoms with Crippen LogP contribution in [0.3, 0.4) is 0 Å². The Hall–Kier alpha value is -2.35. The molecule has 0 aliphatic heterocycles. The molecule has 0 amide bonds. The Morgan fingerprint density at radius 1 is 1.00 bits per heavy atom. The van der Waals surface area contributed by atoms with Crippen LogP contribution in [0.1, 0.15) is 26.5 Å². The summed E-state index contributed by atoms with van der Waals surface area (Å²) in [4.78, 5) is 7.10. The van der Waals surface area contributed by atoms with Crippen LogP contribution in [0, 0.1) is 0 Å². The van der Waals surface area contributed by atoms with Crippen LogP contribution in [0.25, 0.3) is 22.0 Å². The van der Waals surface area contributed by atoms with Crippen molar-refractivity contribution in [3.05, 3.63) is 64.6 Å². The lowest BCUT2D eigenvalue weighted by Crippen LogP contribution is -2.21. The molecule has 0 aliphatic rings. The molecule has 0 saturated carbocycles. The summed E-state index contributed by atoms with van der Waals surface area (Å²) in [6.45, 7) is 9.28. The molecule has 0 atom stereocenters. The molecule has 0 spiro atoms. The Balaban J connectivity index is 1.49. The molecule has 0 unspecified atom stereocenters. The van der Waals surface area contributed by atoms with Gasteiger partial charge in [-0.25, -0.2) is 4.98 Å². The van der Waals surface area contributed by atoms with Crippen LogP contribution in [-0.4, -0.2) is 32.8 Å². The standard InChI is InChI=1S/C24H26ClN5S2/c1-4-29(5-2)19-13-11-17(12-14-19)22-27-28-24(30(22)6-3)32-16-18-15-31-23(26-18)20-9-7-8-10-21(20)25/h7-15H,4-6,16H2,1-3H3. The van der Waals surface area contributed by atoms with Gasteiger partial charge >= 0.3 is 0 Å². The molecule has 2 aromatic heterocycles. The van der Waals surface area contributed by atoms with Crippen LogP contribution in [0.4, 0.5) is 5.69 Å². The summed E-state index contributed by atoms with van der Waals surface area (Å²) >= 11 is 9.60. The molecule has 166 valence electrons. The van der Waals surface area contributed by atoms with Crippen LogP contribution in [-0.2, 0) is 12.3 Å². The number of thiazole rings is 1. The fourth-order valence-corrected chi connectivity index (χ4v) is 5.71. The number of halogens is 1. The third-order valence-electron chi connectivity index (χ3n) is 5.29. The van der Waals surface area contributed by atoms with E-state index in [0.29, 0.717) is 0 Å². The molecule has 5 nitrogen and oxygen atoms in total. The molecule has 8 heteroatoms. The van der Waals surface area contributed by atoms with Crippen LogP contribution in [0.5, 0.6) is 0 Å². The number of thioether (sulfide) groups is 1. The van der Waals surface area contributed by atoms with Crippen molar-refractivity contribution in [1.82, 2.24) is 19.7 Å². The van der Waals surface area contributed by atoms with E-state index in [1.807, 2.05) is 24.3 Å². The van der Waals surface area contributed by atoms with E-state index >= 15 is 0 Å². The predicted molar refractivity (Wildman–Crippen MR) is 137 cm³/mol. The molecule has 0 bridgehead atoms. The van der Waals surface area contributed by atoms with Crippen molar-refractivity contribution in [1.29, 1.82) is 0 Å². The minimum absolute atomic E-state index is 0.725. The molecule has 0 N–H and O–H groups in total. The highest BCUT2D eigenvalue weighted by Gasteiger charge is 2.15. The van der Waals surface area contributed by atoms with Gasteiger partial charge < -0.3 is 9.47 Å².